The van der Waals surface area contributed by atoms with Crippen molar-refractivity contribution in [2.24, 2.45) is 5.92 Å². The van der Waals surface area contributed by atoms with Gasteiger partial charge < -0.3 is 4.74 Å². The molecule has 1 aromatic rings. The van der Waals surface area contributed by atoms with Gasteiger partial charge in [-0.3, -0.25) is 0 Å². The van der Waals surface area contributed by atoms with E-state index >= 15 is 0 Å². The molecule has 0 aromatic carbocycles. The lowest BCUT2D eigenvalue weighted by Gasteiger charge is -2.20. The van der Waals surface area contributed by atoms with E-state index in [1.807, 2.05) is 13.1 Å². The molecule has 0 N–H and O–H groups in total. The molecule has 3 nitrogen and oxygen atoms in total. The zero-order chi connectivity index (χ0) is 13.5. The molecule has 4 heteroatoms. The van der Waals surface area contributed by atoms with Crippen molar-refractivity contribution in [2.45, 2.75) is 52.5 Å². The van der Waals surface area contributed by atoms with Gasteiger partial charge in [0.25, 0.3) is 0 Å². The van der Waals surface area contributed by atoms with Crippen LogP contribution in [0.4, 0.5) is 0 Å². The van der Waals surface area contributed by atoms with Crippen LogP contribution >= 0.6 is 11.6 Å². The van der Waals surface area contributed by atoms with Crippen LogP contribution < -0.4 is 0 Å². The third-order valence-electron chi connectivity index (χ3n) is 2.81. The summed E-state index contributed by atoms with van der Waals surface area (Å²) in [5.41, 5.74) is 2.09. The Balaban J connectivity index is 3.04. The van der Waals surface area contributed by atoms with Crippen LogP contribution in [0, 0.1) is 5.92 Å². The van der Waals surface area contributed by atoms with Crippen molar-refractivity contribution in [3.05, 3.63) is 23.3 Å². The Kier molecular flexibility index (Phi) is 6.58. The predicted octanol–water partition coefficient (Wildman–Crippen LogP) is 3.90. The minimum atomic E-state index is -0.0324. The van der Waals surface area contributed by atoms with E-state index in [4.69, 9.17) is 16.3 Å². The van der Waals surface area contributed by atoms with E-state index in [1.165, 1.54) is 0 Å². The van der Waals surface area contributed by atoms with Crippen LogP contribution in [0.15, 0.2) is 6.20 Å². The molecule has 1 atom stereocenters. The summed E-state index contributed by atoms with van der Waals surface area (Å²) in [7, 11) is 0. The predicted molar refractivity (Wildman–Crippen MR) is 74.8 cm³/mol. The Bertz CT molecular complexity index is 369. The van der Waals surface area contributed by atoms with Gasteiger partial charge in [-0.25, -0.2) is 9.97 Å². The summed E-state index contributed by atoms with van der Waals surface area (Å²) in [6, 6.07) is 0. The lowest BCUT2D eigenvalue weighted by atomic mass is 10.1. The first kappa shape index (κ1) is 15.4. The topological polar surface area (TPSA) is 35.0 Å². The van der Waals surface area contributed by atoms with Gasteiger partial charge in [0.05, 0.1) is 5.88 Å². The highest BCUT2D eigenvalue weighted by molar-refractivity contribution is 6.17. The lowest BCUT2D eigenvalue weighted by molar-refractivity contribution is 0.0230. The molecule has 0 saturated heterocycles. The normalized spacial score (nSPS) is 13.0. The highest BCUT2D eigenvalue weighted by atomic mass is 35.5. The molecule has 0 saturated carbocycles. The molecule has 0 spiro atoms. The summed E-state index contributed by atoms with van der Waals surface area (Å²) in [6.07, 6.45) is 3.81. The molecule has 0 aliphatic rings. The van der Waals surface area contributed by atoms with Crippen LogP contribution in [0.1, 0.15) is 57.3 Å². The van der Waals surface area contributed by atoms with Crippen molar-refractivity contribution in [1.29, 1.82) is 0 Å². The molecule has 0 aliphatic heterocycles. The number of nitrogens with zero attached hydrogens (tertiary/aromatic N) is 2. The van der Waals surface area contributed by atoms with Crippen LogP contribution in [0.25, 0.3) is 0 Å². The highest BCUT2D eigenvalue weighted by Gasteiger charge is 2.20. The average molecular weight is 271 g/mol. The van der Waals surface area contributed by atoms with E-state index in [1.54, 1.807) is 0 Å². The van der Waals surface area contributed by atoms with Crippen molar-refractivity contribution < 1.29 is 4.74 Å². The fraction of sp³-hybridized carbons (Fsp3) is 0.714. The van der Waals surface area contributed by atoms with Crippen LogP contribution in [0.3, 0.4) is 0 Å². The Labute approximate surface area is 115 Å². The second-order valence-electron chi connectivity index (χ2n) is 4.70. The van der Waals surface area contributed by atoms with Crippen LogP contribution in [-0.2, 0) is 17.0 Å². The quantitative estimate of drug-likeness (QED) is 0.705. The summed E-state index contributed by atoms with van der Waals surface area (Å²) >= 11 is 5.91. The molecule has 1 heterocycles. The number of aryl methyl sites for hydroxylation is 1. The smallest absolute Gasteiger partial charge is 0.157 e. The molecule has 18 heavy (non-hydrogen) atoms. The minimum absolute atomic E-state index is 0.0324. The number of hydrogen-bond acceptors (Lipinski definition) is 3. The van der Waals surface area contributed by atoms with E-state index in [2.05, 4.69) is 30.7 Å². The molecule has 0 fully saturated rings. The number of alkyl halides is 1. The summed E-state index contributed by atoms with van der Waals surface area (Å²) in [5.74, 6) is 1.61. The number of halogens is 1. The summed E-state index contributed by atoms with van der Waals surface area (Å²) in [4.78, 5) is 9.06. The van der Waals surface area contributed by atoms with Crippen molar-refractivity contribution >= 4 is 11.6 Å². The highest BCUT2D eigenvalue weighted by Crippen LogP contribution is 2.24. The molecule has 1 unspecified atom stereocenters. The van der Waals surface area contributed by atoms with E-state index < -0.39 is 0 Å². The first-order valence-electron chi connectivity index (χ1n) is 6.66. The first-order chi connectivity index (χ1) is 8.63. The number of rotatable bonds is 7. The van der Waals surface area contributed by atoms with Gasteiger partial charge in [-0.1, -0.05) is 27.2 Å². The zero-order valence-corrected chi connectivity index (χ0v) is 12.5. The molecular weight excluding hydrogens is 248 g/mol. The number of ether oxygens (including phenoxy) is 1. The zero-order valence-electron chi connectivity index (χ0n) is 11.7. The Morgan fingerprint density at radius 2 is 2.06 bits per heavy atom. The van der Waals surface area contributed by atoms with Gasteiger partial charge in [-0.2, -0.15) is 0 Å². The SMILES string of the molecule is CCCc1nc(C(OCC)C(C)C)ncc1CCl. The fourth-order valence-electron chi connectivity index (χ4n) is 1.90. The third-order valence-corrected chi connectivity index (χ3v) is 3.10. The van der Waals surface area contributed by atoms with E-state index in [0.29, 0.717) is 18.4 Å². The van der Waals surface area contributed by atoms with Crippen LogP contribution in [0.2, 0.25) is 0 Å². The number of hydrogen-bond donors (Lipinski definition) is 0. The average Bonchev–Trinajstić information content (AvgIpc) is 2.36. The molecule has 0 radical (unpaired) electrons. The Morgan fingerprint density at radius 3 is 2.56 bits per heavy atom. The molecule has 0 bridgehead atoms. The molecular formula is C14H23ClN2O. The first-order valence-corrected chi connectivity index (χ1v) is 7.19. The monoisotopic (exact) mass is 270 g/mol. The maximum atomic E-state index is 5.91. The standard InChI is InChI=1S/C14H23ClN2O/c1-5-7-12-11(8-15)9-16-14(17-12)13(10(3)4)18-6-2/h9-10,13H,5-8H2,1-4H3. The van der Waals surface area contributed by atoms with Gasteiger partial charge in [-0.05, 0) is 19.3 Å². The minimum Gasteiger partial charge on any atom is -0.370 e. The molecule has 0 aliphatic carbocycles. The molecule has 102 valence electrons. The lowest BCUT2D eigenvalue weighted by Crippen LogP contribution is -2.16. The fourth-order valence-corrected chi connectivity index (χ4v) is 2.13. The summed E-state index contributed by atoms with van der Waals surface area (Å²) in [5, 5.41) is 0. The third kappa shape index (κ3) is 3.92. The summed E-state index contributed by atoms with van der Waals surface area (Å²) in [6.45, 7) is 9.06. The van der Waals surface area contributed by atoms with Crippen molar-refractivity contribution in [3.8, 4) is 0 Å². The second kappa shape index (κ2) is 7.70. The molecule has 1 aromatic heterocycles. The van der Waals surface area contributed by atoms with Crippen LogP contribution in [-0.4, -0.2) is 16.6 Å². The van der Waals surface area contributed by atoms with Gasteiger partial charge in [-0.15, -0.1) is 11.6 Å². The maximum Gasteiger partial charge on any atom is 0.157 e. The Morgan fingerprint density at radius 1 is 1.33 bits per heavy atom. The van der Waals surface area contributed by atoms with Gasteiger partial charge in [0, 0.05) is 24.1 Å². The van der Waals surface area contributed by atoms with E-state index in [9.17, 15) is 0 Å². The van der Waals surface area contributed by atoms with Gasteiger partial charge in [0.2, 0.25) is 0 Å². The van der Waals surface area contributed by atoms with E-state index in [0.717, 1.165) is 29.9 Å². The van der Waals surface area contributed by atoms with Crippen molar-refractivity contribution in [2.75, 3.05) is 6.61 Å². The van der Waals surface area contributed by atoms with Crippen molar-refractivity contribution in [1.82, 2.24) is 9.97 Å². The summed E-state index contributed by atoms with van der Waals surface area (Å²) < 4.78 is 5.74. The van der Waals surface area contributed by atoms with Crippen LogP contribution in [0.5, 0.6) is 0 Å². The molecule has 1 rings (SSSR count). The van der Waals surface area contributed by atoms with Gasteiger partial charge in [0.15, 0.2) is 5.82 Å². The maximum absolute atomic E-state index is 5.91. The van der Waals surface area contributed by atoms with Gasteiger partial charge >= 0.3 is 0 Å². The van der Waals surface area contributed by atoms with Crippen molar-refractivity contribution in [3.63, 3.8) is 0 Å². The Hall–Kier alpha value is -0.670. The largest absolute Gasteiger partial charge is 0.370 e. The molecule has 0 amide bonds. The van der Waals surface area contributed by atoms with Gasteiger partial charge in [0.1, 0.15) is 6.10 Å². The second-order valence-corrected chi connectivity index (χ2v) is 4.97. The number of aromatic nitrogens is 2. The van der Waals surface area contributed by atoms with E-state index in [-0.39, 0.29) is 6.10 Å².